The molecule has 0 aromatic carbocycles. The molecule has 0 bridgehead atoms. The minimum atomic E-state index is -0.304. The summed E-state index contributed by atoms with van der Waals surface area (Å²) in [6, 6.07) is 3.51. The average Bonchev–Trinajstić information content (AvgIpc) is 3.06. The average molecular weight is 299 g/mol. The molecule has 0 atom stereocenters. The highest BCUT2D eigenvalue weighted by atomic mass is 16.5. The van der Waals surface area contributed by atoms with Gasteiger partial charge in [-0.2, -0.15) is 0 Å². The molecule has 7 nitrogen and oxygen atoms in total. The molecule has 0 spiro atoms. The third kappa shape index (κ3) is 2.66. The maximum absolute atomic E-state index is 12.2. The van der Waals surface area contributed by atoms with Crippen molar-refractivity contribution < 1.29 is 9.32 Å². The number of hydrogen-bond donors (Lipinski definition) is 1. The summed E-state index contributed by atoms with van der Waals surface area (Å²) in [4.78, 5) is 22.8. The lowest BCUT2D eigenvalue weighted by Gasteiger charge is -2.16. The number of nitrogens with one attached hydrogen (secondary N) is 1. The highest BCUT2D eigenvalue weighted by molar-refractivity contribution is 6.02. The summed E-state index contributed by atoms with van der Waals surface area (Å²) in [6.07, 6.45) is 6.05. The van der Waals surface area contributed by atoms with E-state index in [9.17, 15) is 4.79 Å². The maximum Gasteiger partial charge on any atom is 0.279 e. The molecule has 1 aliphatic heterocycles. The maximum atomic E-state index is 12.2. The molecular formula is C15H17N5O2. The molecular weight excluding hydrogens is 282 g/mol. The zero-order valence-electron chi connectivity index (χ0n) is 12.2. The Morgan fingerprint density at radius 3 is 2.82 bits per heavy atom. The van der Waals surface area contributed by atoms with Crippen LogP contribution in [0.4, 0.5) is 11.6 Å². The number of hydrogen-bond acceptors (Lipinski definition) is 6. The summed E-state index contributed by atoms with van der Waals surface area (Å²) >= 11 is 0. The summed E-state index contributed by atoms with van der Waals surface area (Å²) in [7, 11) is 0. The Balaban J connectivity index is 1.47. The molecule has 2 fully saturated rings. The zero-order valence-corrected chi connectivity index (χ0v) is 12.2. The lowest BCUT2D eigenvalue weighted by Crippen LogP contribution is -2.20. The van der Waals surface area contributed by atoms with Crippen molar-refractivity contribution in [1.82, 2.24) is 15.1 Å². The monoisotopic (exact) mass is 299 g/mol. The Bertz CT molecular complexity index is 689. The van der Waals surface area contributed by atoms with Crippen LogP contribution in [0.5, 0.6) is 0 Å². The van der Waals surface area contributed by atoms with Crippen LogP contribution in [-0.4, -0.2) is 34.1 Å². The summed E-state index contributed by atoms with van der Waals surface area (Å²) in [5.41, 5.74) is 0.295. The first kappa shape index (κ1) is 13.2. The van der Waals surface area contributed by atoms with Gasteiger partial charge in [0.1, 0.15) is 23.7 Å². The van der Waals surface area contributed by atoms with E-state index >= 15 is 0 Å². The normalized spacial score (nSPS) is 17.7. The first-order chi connectivity index (χ1) is 10.8. The van der Waals surface area contributed by atoms with Crippen molar-refractivity contribution >= 4 is 17.5 Å². The van der Waals surface area contributed by atoms with Crippen molar-refractivity contribution in [1.29, 1.82) is 0 Å². The molecule has 3 heterocycles. The van der Waals surface area contributed by atoms with Crippen LogP contribution < -0.4 is 10.2 Å². The van der Waals surface area contributed by atoms with Gasteiger partial charge in [0.2, 0.25) is 0 Å². The van der Waals surface area contributed by atoms with E-state index in [1.807, 2.05) is 0 Å². The summed E-state index contributed by atoms with van der Waals surface area (Å²) in [5, 5.41) is 6.59. The first-order valence-electron chi connectivity index (χ1n) is 7.64. The number of nitrogens with zero attached hydrogens (tertiary/aromatic N) is 4. The molecule has 1 saturated carbocycles. The van der Waals surface area contributed by atoms with Crippen LogP contribution >= 0.6 is 0 Å². The molecule has 114 valence electrons. The Kier molecular flexibility index (Phi) is 3.25. The molecule has 0 unspecified atom stereocenters. The van der Waals surface area contributed by atoms with E-state index in [0.717, 1.165) is 37.5 Å². The molecule has 7 heteroatoms. The van der Waals surface area contributed by atoms with E-state index in [1.54, 1.807) is 12.1 Å². The van der Waals surface area contributed by atoms with Gasteiger partial charge >= 0.3 is 0 Å². The Hall–Kier alpha value is -2.44. The van der Waals surface area contributed by atoms with E-state index in [0.29, 0.717) is 17.4 Å². The number of carbonyl (C=O) groups excluding carboxylic acids is 1. The lowest BCUT2D eigenvalue weighted by molar-refractivity contribution is 0.101. The van der Waals surface area contributed by atoms with Crippen LogP contribution in [0.2, 0.25) is 0 Å². The fourth-order valence-corrected chi connectivity index (χ4v) is 2.67. The van der Waals surface area contributed by atoms with Crippen LogP contribution in [0.25, 0.3) is 0 Å². The SMILES string of the molecule is O=C(Nc1cc(N2CCCC2)ncn1)c1cc(C2CC2)on1. The largest absolute Gasteiger partial charge is 0.360 e. The third-order valence-corrected chi connectivity index (χ3v) is 4.07. The highest BCUT2D eigenvalue weighted by Crippen LogP contribution is 2.40. The van der Waals surface area contributed by atoms with E-state index in [1.165, 1.54) is 19.2 Å². The molecule has 2 aliphatic rings. The minimum absolute atomic E-state index is 0.295. The van der Waals surface area contributed by atoms with Gasteiger partial charge in [0.05, 0.1) is 0 Å². The molecule has 1 aliphatic carbocycles. The highest BCUT2D eigenvalue weighted by Gasteiger charge is 2.29. The van der Waals surface area contributed by atoms with Crippen molar-refractivity contribution in [2.45, 2.75) is 31.6 Å². The number of anilines is 2. The van der Waals surface area contributed by atoms with Crippen LogP contribution in [-0.2, 0) is 0 Å². The molecule has 1 N–H and O–H groups in total. The molecule has 1 amide bonds. The zero-order chi connectivity index (χ0) is 14.9. The van der Waals surface area contributed by atoms with Crippen LogP contribution in [0, 0.1) is 0 Å². The summed E-state index contributed by atoms with van der Waals surface area (Å²) in [6.45, 7) is 2.00. The molecule has 2 aromatic heterocycles. The van der Waals surface area contributed by atoms with Crippen molar-refractivity contribution in [2.24, 2.45) is 0 Å². The lowest BCUT2D eigenvalue weighted by atomic mass is 10.3. The molecule has 22 heavy (non-hydrogen) atoms. The minimum Gasteiger partial charge on any atom is -0.360 e. The molecule has 0 radical (unpaired) electrons. The second-order valence-corrected chi connectivity index (χ2v) is 5.80. The number of carbonyl (C=O) groups is 1. The van der Waals surface area contributed by atoms with E-state index in [-0.39, 0.29) is 5.91 Å². The topological polar surface area (TPSA) is 84.2 Å². The number of aromatic nitrogens is 3. The smallest absolute Gasteiger partial charge is 0.279 e. The fourth-order valence-electron chi connectivity index (χ4n) is 2.67. The first-order valence-corrected chi connectivity index (χ1v) is 7.64. The van der Waals surface area contributed by atoms with Crippen LogP contribution in [0.1, 0.15) is 47.8 Å². The van der Waals surface area contributed by atoms with E-state index < -0.39 is 0 Å². The fraction of sp³-hybridized carbons (Fsp3) is 0.467. The third-order valence-electron chi connectivity index (χ3n) is 4.07. The van der Waals surface area contributed by atoms with Gasteiger partial charge in [-0.25, -0.2) is 9.97 Å². The standard InChI is InChI=1S/C15H17N5O2/c21-15(11-7-12(22-19-11)10-3-4-10)18-13-8-14(17-9-16-13)20-5-1-2-6-20/h7-10H,1-6H2,(H,16,17,18,21). The summed E-state index contributed by atoms with van der Waals surface area (Å²) < 4.78 is 5.20. The van der Waals surface area contributed by atoms with Gasteiger partial charge in [0, 0.05) is 31.1 Å². The van der Waals surface area contributed by atoms with Gasteiger partial charge < -0.3 is 14.7 Å². The van der Waals surface area contributed by atoms with Gasteiger partial charge in [-0.15, -0.1) is 0 Å². The predicted molar refractivity (Wildman–Crippen MR) is 79.9 cm³/mol. The van der Waals surface area contributed by atoms with Gasteiger partial charge in [-0.05, 0) is 25.7 Å². The van der Waals surface area contributed by atoms with E-state index in [2.05, 4.69) is 25.3 Å². The van der Waals surface area contributed by atoms with Gasteiger partial charge in [-0.3, -0.25) is 4.79 Å². The quantitative estimate of drug-likeness (QED) is 0.931. The predicted octanol–water partition coefficient (Wildman–Crippen LogP) is 2.19. The Morgan fingerprint density at radius 1 is 1.23 bits per heavy atom. The number of rotatable bonds is 4. The molecule has 2 aromatic rings. The number of amides is 1. The van der Waals surface area contributed by atoms with Gasteiger partial charge in [-0.1, -0.05) is 5.16 Å². The van der Waals surface area contributed by atoms with Gasteiger partial charge in [0.25, 0.3) is 5.91 Å². The second-order valence-electron chi connectivity index (χ2n) is 5.80. The van der Waals surface area contributed by atoms with Crippen molar-refractivity contribution in [3.05, 3.63) is 29.9 Å². The van der Waals surface area contributed by atoms with Crippen molar-refractivity contribution in [2.75, 3.05) is 23.3 Å². The Labute approximate surface area is 127 Å². The van der Waals surface area contributed by atoms with Crippen LogP contribution in [0.3, 0.4) is 0 Å². The van der Waals surface area contributed by atoms with Crippen molar-refractivity contribution in [3.63, 3.8) is 0 Å². The second kappa shape index (κ2) is 5.40. The Morgan fingerprint density at radius 2 is 2.05 bits per heavy atom. The van der Waals surface area contributed by atoms with Crippen LogP contribution in [0.15, 0.2) is 23.0 Å². The van der Waals surface area contributed by atoms with Gasteiger partial charge in [0.15, 0.2) is 5.69 Å². The summed E-state index contributed by atoms with van der Waals surface area (Å²) in [5.74, 6) is 2.27. The molecule has 4 rings (SSSR count). The van der Waals surface area contributed by atoms with Crippen molar-refractivity contribution in [3.8, 4) is 0 Å². The molecule has 1 saturated heterocycles. The van der Waals surface area contributed by atoms with E-state index in [4.69, 9.17) is 4.52 Å².